The molecule has 5 heteroatoms. The summed E-state index contributed by atoms with van der Waals surface area (Å²) < 4.78 is 5.26. The number of methoxy groups -OCH3 is 1. The smallest absolute Gasteiger partial charge is 0.194 e. The first-order chi connectivity index (χ1) is 12.7. The Morgan fingerprint density at radius 1 is 1.27 bits per heavy atom. The summed E-state index contributed by atoms with van der Waals surface area (Å²) in [5, 5.41) is 3.43. The molecule has 0 radical (unpaired) electrons. The highest BCUT2D eigenvalue weighted by molar-refractivity contribution is 5.80. The van der Waals surface area contributed by atoms with Crippen molar-refractivity contribution in [1.29, 1.82) is 0 Å². The Morgan fingerprint density at radius 2 is 2.08 bits per heavy atom. The van der Waals surface area contributed by atoms with E-state index in [-0.39, 0.29) is 0 Å². The van der Waals surface area contributed by atoms with Crippen molar-refractivity contribution in [3.63, 3.8) is 0 Å². The van der Waals surface area contributed by atoms with Gasteiger partial charge in [-0.3, -0.25) is 4.98 Å². The van der Waals surface area contributed by atoms with Crippen LogP contribution in [0.4, 0.5) is 0 Å². The average Bonchev–Trinajstić information content (AvgIpc) is 3.15. The number of likely N-dealkylation sites (tertiary alicyclic amines) is 1. The molecule has 1 aliphatic heterocycles. The molecule has 2 aromatic rings. The Morgan fingerprint density at radius 3 is 2.77 bits per heavy atom. The van der Waals surface area contributed by atoms with Crippen LogP contribution in [0.3, 0.4) is 0 Å². The van der Waals surface area contributed by atoms with E-state index >= 15 is 0 Å². The van der Waals surface area contributed by atoms with Crippen molar-refractivity contribution in [2.24, 2.45) is 4.99 Å². The maximum atomic E-state index is 5.26. The van der Waals surface area contributed by atoms with Crippen LogP contribution in [0.25, 0.3) is 0 Å². The highest BCUT2D eigenvalue weighted by Gasteiger charge is 2.26. The first-order valence-electron chi connectivity index (χ1n) is 9.29. The summed E-state index contributed by atoms with van der Waals surface area (Å²) in [6, 6.07) is 14.5. The number of rotatable bonds is 5. The first-order valence-corrected chi connectivity index (χ1v) is 9.29. The average molecular weight is 352 g/mol. The van der Waals surface area contributed by atoms with Crippen LogP contribution < -0.4 is 10.1 Å². The van der Waals surface area contributed by atoms with Crippen LogP contribution in [0.15, 0.2) is 47.5 Å². The number of pyridine rings is 1. The second kappa shape index (κ2) is 8.70. The van der Waals surface area contributed by atoms with E-state index in [0.717, 1.165) is 49.2 Å². The fourth-order valence-corrected chi connectivity index (χ4v) is 3.37. The van der Waals surface area contributed by atoms with Gasteiger partial charge in [0.2, 0.25) is 0 Å². The maximum Gasteiger partial charge on any atom is 0.194 e. The molecule has 1 fully saturated rings. The molecule has 1 aliphatic rings. The molecule has 1 saturated heterocycles. The van der Waals surface area contributed by atoms with Gasteiger partial charge in [0.15, 0.2) is 5.96 Å². The van der Waals surface area contributed by atoms with Crippen LogP contribution in [-0.4, -0.2) is 42.6 Å². The Hall–Kier alpha value is -2.56. The Kier molecular flexibility index (Phi) is 6.10. The zero-order valence-electron chi connectivity index (χ0n) is 15.9. The highest BCUT2D eigenvalue weighted by atomic mass is 16.5. The molecule has 0 spiro atoms. The lowest BCUT2D eigenvalue weighted by Crippen LogP contribution is -2.40. The molecule has 2 heterocycles. The molecule has 1 aromatic carbocycles. The van der Waals surface area contributed by atoms with Crippen LogP contribution >= 0.6 is 0 Å². The maximum absolute atomic E-state index is 5.26. The van der Waals surface area contributed by atoms with Crippen molar-refractivity contribution >= 4 is 5.96 Å². The molecular formula is C21H28N4O. The third-order valence-electron chi connectivity index (χ3n) is 4.75. The van der Waals surface area contributed by atoms with Crippen molar-refractivity contribution in [3.05, 3.63) is 59.4 Å². The summed E-state index contributed by atoms with van der Waals surface area (Å²) in [5.41, 5.74) is 3.40. The summed E-state index contributed by atoms with van der Waals surface area (Å²) in [6.45, 7) is 7.59. The number of guanidine groups is 1. The van der Waals surface area contributed by atoms with Crippen molar-refractivity contribution in [1.82, 2.24) is 15.2 Å². The quantitative estimate of drug-likeness (QED) is 0.662. The lowest BCUT2D eigenvalue weighted by Gasteiger charge is -2.21. The fourth-order valence-electron chi connectivity index (χ4n) is 3.37. The van der Waals surface area contributed by atoms with Gasteiger partial charge in [0, 0.05) is 31.2 Å². The minimum atomic E-state index is 0.529. The molecule has 0 bridgehead atoms. The molecule has 1 N–H and O–H groups in total. The van der Waals surface area contributed by atoms with Gasteiger partial charge in [-0.1, -0.05) is 18.2 Å². The molecular weight excluding hydrogens is 324 g/mol. The minimum Gasteiger partial charge on any atom is -0.497 e. The van der Waals surface area contributed by atoms with E-state index in [9.17, 15) is 0 Å². The molecule has 0 saturated carbocycles. The molecule has 138 valence electrons. The Bertz CT molecular complexity index is 742. The van der Waals surface area contributed by atoms with Gasteiger partial charge in [0.25, 0.3) is 0 Å². The molecule has 0 aliphatic carbocycles. The van der Waals surface area contributed by atoms with E-state index in [1.807, 2.05) is 37.3 Å². The fraction of sp³-hybridized carbons (Fsp3) is 0.429. The zero-order valence-corrected chi connectivity index (χ0v) is 15.9. The normalized spacial score (nSPS) is 17.4. The van der Waals surface area contributed by atoms with Gasteiger partial charge >= 0.3 is 0 Å². The molecule has 3 rings (SSSR count). The van der Waals surface area contributed by atoms with Crippen molar-refractivity contribution in [2.45, 2.75) is 32.7 Å². The first kappa shape index (κ1) is 18.2. The predicted molar refractivity (Wildman–Crippen MR) is 106 cm³/mol. The lowest BCUT2D eigenvalue weighted by molar-refractivity contribution is 0.414. The van der Waals surface area contributed by atoms with Gasteiger partial charge in [0.1, 0.15) is 5.75 Å². The van der Waals surface area contributed by atoms with Gasteiger partial charge in [-0.2, -0.15) is 0 Å². The van der Waals surface area contributed by atoms with Crippen molar-refractivity contribution in [2.75, 3.05) is 26.7 Å². The predicted octanol–water partition coefficient (Wildman–Crippen LogP) is 3.35. The molecule has 0 amide bonds. The van der Waals surface area contributed by atoms with Crippen LogP contribution in [0.5, 0.6) is 5.75 Å². The SMILES string of the molecule is CCNC(=NCc1cccc(C)n1)N1CCC(c2ccc(OC)cc2)C1. The van der Waals surface area contributed by atoms with Gasteiger partial charge in [-0.05, 0) is 50.1 Å². The summed E-state index contributed by atoms with van der Waals surface area (Å²) in [7, 11) is 1.70. The summed E-state index contributed by atoms with van der Waals surface area (Å²) in [6.07, 6.45) is 1.14. The summed E-state index contributed by atoms with van der Waals surface area (Å²) >= 11 is 0. The van der Waals surface area contributed by atoms with Gasteiger partial charge in [-0.15, -0.1) is 0 Å². The molecule has 1 aromatic heterocycles. The highest BCUT2D eigenvalue weighted by Crippen LogP contribution is 2.28. The van der Waals surface area contributed by atoms with E-state index in [1.165, 1.54) is 5.56 Å². The van der Waals surface area contributed by atoms with Gasteiger partial charge in [0.05, 0.1) is 19.3 Å². The number of hydrogen-bond donors (Lipinski definition) is 1. The van der Waals surface area contributed by atoms with E-state index in [2.05, 4.69) is 34.3 Å². The number of aromatic nitrogens is 1. The van der Waals surface area contributed by atoms with E-state index in [0.29, 0.717) is 12.5 Å². The number of hydrogen-bond acceptors (Lipinski definition) is 3. The largest absolute Gasteiger partial charge is 0.497 e. The molecule has 26 heavy (non-hydrogen) atoms. The standard InChI is InChI=1S/C21H28N4O/c1-4-22-21(23-14-19-7-5-6-16(2)24-19)25-13-12-18(15-25)17-8-10-20(26-3)11-9-17/h5-11,18H,4,12-15H2,1-3H3,(H,22,23). The molecule has 1 unspecified atom stereocenters. The van der Waals surface area contributed by atoms with E-state index in [1.54, 1.807) is 7.11 Å². The topological polar surface area (TPSA) is 49.8 Å². The number of benzene rings is 1. The van der Waals surface area contributed by atoms with Crippen molar-refractivity contribution in [3.8, 4) is 5.75 Å². The number of nitrogens with one attached hydrogen (secondary N) is 1. The van der Waals surface area contributed by atoms with E-state index in [4.69, 9.17) is 9.73 Å². The van der Waals surface area contributed by atoms with Crippen molar-refractivity contribution < 1.29 is 4.74 Å². The summed E-state index contributed by atoms with van der Waals surface area (Å²) in [5.74, 6) is 2.41. The van der Waals surface area contributed by atoms with Crippen LogP contribution in [-0.2, 0) is 6.54 Å². The van der Waals surface area contributed by atoms with Crippen LogP contribution in [0.2, 0.25) is 0 Å². The number of aryl methyl sites for hydroxylation is 1. The third-order valence-corrected chi connectivity index (χ3v) is 4.75. The number of ether oxygens (including phenoxy) is 1. The minimum absolute atomic E-state index is 0.529. The Labute approximate surface area is 156 Å². The second-order valence-electron chi connectivity index (χ2n) is 6.65. The van der Waals surface area contributed by atoms with Crippen LogP contribution in [0.1, 0.15) is 36.2 Å². The zero-order chi connectivity index (χ0) is 18.4. The molecule has 1 atom stereocenters. The number of aliphatic imine (C=N–C) groups is 1. The third kappa shape index (κ3) is 4.54. The number of nitrogens with zero attached hydrogens (tertiary/aromatic N) is 3. The lowest BCUT2D eigenvalue weighted by atomic mass is 9.98. The van der Waals surface area contributed by atoms with Crippen LogP contribution in [0, 0.1) is 6.92 Å². The monoisotopic (exact) mass is 352 g/mol. The van der Waals surface area contributed by atoms with Gasteiger partial charge < -0.3 is 15.0 Å². The van der Waals surface area contributed by atoms with E-state index < -0.39 is 0 Å². The second-order valence-corrected chi connectivity index (χ2v) is 6.65. The Balaban J connectivity index is 1.67. The molecule has 5 nitrogen and oxygen atoms in total. The summed E-state index contributed by atoms with van der Waals surface area (Å²) in [4.78, 5) is 11.7. The van der Waals surface area contributed by atoms with Gasteiger partial charge in [-0.25, -0.2) is 4.99 Å².